The molecule has 0 spiro atoms. The van der Waals surface area contributed by atoms with Crippen LogP contribution >= 0.6 is 0 Å². The third kappa shape index (κ3) is 8.51. The first kappa shape index (κ1) is 34.0. The molecule has 6 nitrogen and oxygen atoms in total. The van der Waals surface area contributed by atoms with Crippen LogP contribution in [0.1, 0.15) is 92.7 Å². The van der Waals surface area contributed by atoms with Gasteiger partial charge in [0.15, 0.2) is 0 Å². The summed E-state index contributed by atoms with van der Waals surface area (Å²) in [6, 6.07) is 21.8. The van der Waals surface area contributed by atoms with Gasteiger partial charge in [-0.25, -0.2) is 4.79 Å². The monoisotopic (exact) mass is 625 g/mol. The maximum absolute atomic E-state index is 12.6. The lowest BCUT2D eigenvalue weighted by Crippen LogP contribution is -2.47. The molecule has 0 bridgehead atoms. The van der Waals surface area contributed by atoms with E-state index in [4.69, 9.17) is 9.47 Å². The molecule has 3 aromatic carbocycles. The number of benzene rings is 3. The molecule has 1 amide bonds. The molecule has 1 saturated heterocycles. The van der Waals surface area contributed by atoms with Crippen LogP contribution in [-0.4, -0.2) is 54.9 Å². The number of carbonyl (C=O) groups excluding carboxylic acids is 1. The minimum Gasteiger partial charge on any atom is -0.485 e. The number of ether oxygens (including phenoxy) is 2. The number of rotatable bonds is 11. The van der Waals surface area contributed by atoms with Crippen molar-refractivity contribution in [3.05, 3.63) is 94.0 Å². The zero-order valence-corrected chi connectivity index (χ0v) is 29.2. The lowest BCUT2D eigenvalue weighted by atomic mass is 9.88. The van der Waals surface area contributed by atoms with E-state index in [1.165, 1.54) is 36.0 Å². The topological polar surface area (TPSA) is 62.8 Å². The number of piperidine rings is 1. The van der Waals surface area contributed by atoms with Crippen molar-refractivity contribution in [2.24, 2.45) is 5.92 Å². The van der Waals surface area contributed by atoms with Crippen molar-refractivity contribution >= 4 is 11.8 Å². The van der Waals surface area contributed by atoms with Crippen LogP contribution in [0.2, 0.25) is 0 Å². The van der Waals surface area contributed by atoms with Gasteiger partial charge in [-0.2, -0.15) is 0 Å². The van der Waals surface area contributed by atoms with Crippen LogP contribution in [0.25, 0.3) is 0 Å². The van der Waals surface area contributed by atoms with Gasteiger partial charge in [-0.1, -0.05) is 60.7 Å². The van der Waals surface area contributed by atoms with E-state index in [1.54, 1.807) is 0 Å². The fourth-order valence-electron chi connectivity index (χ4n) is 7.36. The number of amides is 1. The van der Waals surface area contributed by atoms with Crippen LogP contribution in [-0.2, 0) is 11.2 Å². The first-order chi connectivity index (χ1) is 21.9. The Balaban J connectivity index is 1.08. The highest BCUT2D eigenvalue weighted by molar-refractivity contribution is 5.88. The van der Waals surface area contributed by atoms with Crippen molar-refractivity contribution in [1.82, 2.24) is 10.2 Å². The van der Waals surface area contributed by atoms with Crippen LogP contribution in [0, 0.1) is 26.7 Å². The first-order valence-electron chi connectivity index (χ1n) is 17.3. The van der Waals surface area contributed by atoms with Crippen molar-refractivity contribution in [3.63, 3.8) is 0 Å². The normalized spacial score (nSPS) is 18.8. The molecule has 0 radical (unpaired) electrons. The first-order valence-corrected chi connectivity index (χ1v) is 17.3. The lowest BCUT2D eigenvalue weighted by molar-refractivity contribution is 0.0466. The summed E-state index contributed by atoms with van der Waals surface area (Å²) >= 11 is 0. The zero-order valence-electron chi connectivity index (χ0n) is 29.2. The highest BCUT2D eigenvalue weighted by Crippen LogP contribution is 2.45. The molecule has 5 rings (SSSR count). The number of anilines is 1. The average Bonchev–Trinajstić information content (AvgIpc) is 3.38. The predicted octanol–water partition coefficient (Wildman–Crippen LogP) is 8.57. The molecule has 1 unspecified atom stereocenters. The second kappa shape index (κ2) is 14.6. The smallest absolute Gasteiger partial charge is 0.412 e. The summed E-state index contributed by atoms with van der Waals surface area (Å²) < 4.78 is 12.3. The summed E-state index contributed by atoms with van der Waals surface area (Å²) in [6.07, 6.45) is 5.24. The van der Waals surface area contributed by atoms with E-state index in [2.05, 4.69) is 104 Å². The standard InChI is InChI=1S/C40H55N3O3/c1-28-29(2)37-35(30(3)36(28)42-38(44)46-39(4,5)6)26-40(7,45-37)27-43-24-20-31(21-25-43)18-22-41-23-19-34(32-14-10-8-11-15-32)33-16-12-9-13-17-33/h8-17,31,34,41H,18-27H2,1-7H3,(H,42,44). The van der Waals surface area contributed by atoms with Gasteiger partial charge in [-0.05, 0) is 134 Å². The molecule has 0 aliphatic carbocycles. The molecule has 248 valence electrons. The Morgan fingerprint density at radius 3 is 2.13 bits per heavy atom. The number of fused-ring (bicyclic) bond motifs is 1. The third-order valence-electron chi connectivity index (χ3n) is 9.91. The molecule has 0 saturated carbocycles. The fraction of sp³-hybridized carbons (Fsp3) is 0.525. The molecule has 2 heterocycles. The van der Waals surface area contributed by atoms with E-state index in [0.29, 0.717) is 5.92 Å². The van der Waals surface area contributed by atoms with Gasteiger partial charge in [0, 0.05) is 24.4 Å². The van der Waals surface area contributed by atoms with E-state index in [-0.39, 0.29) is 5.60 Å². The van der Waals surface area contributed by atoms with Crippen molar-refractivity contribution < 1.29 is 14.3 Å². The Morgan fingerprint density at radius 2 is 1.54 bits per heavy atom. The molecule has 2 aliphatic heterocycles. The quantitative estimate of drug-likeness (QED) is 0.209. The van der Waals surface area contributed by atoms with Gasteiger partial charge in [-0.3, -0.25) is 10.2 Å². The maximum atomic E-state index is 12.6. The van der Waals surface area contributed by atoms with Gasteiger partial charge >= 0.3 is 6.09 Å². The summed E-state index contributed by atoms with van der Waals surface area (Å²) in [5.41, 5.74) is 7.24. The summed E-state index contributed by atoms with van der Waals surface area (Å²) in [6.45, 7) is 19.4. The lowest BCUT2D eigenvalue weighted by Gasteiger charge is -2.37. The van der Waals surface area contributed by atoms with Crippen LogP contribution in [0.4, 0.5) is 10.5 Å². The van der Waals surface area contributed by atoms with Crippen LogP contribution < -0.4 is 15.4 Å². The molecule has 1 fully saturated rings. The van der Waals surface area contributed by atoms with Gasteiger partial charge in [0.05, 0.1) is 5.69 Å². The molecular formula is C40H55N3O3. The molecule has 2 N–H and O–H groups in total. The Labute approximate surface area is 277 Å². The highest BCUT2D eigenvalue weighted by Gasteiger charge is 2.40. The number of nitrogens with one attached hydrogen (secondary N) is 2. The summed E-state index contributed by atoms with van der Waals surface area (Å²) in [5.74, 6) is 2.19. The van der Waals surface area contributed by atoms with Crippen molar-refractivity contribution in [3.8, 4) is 5.75 Å². The number of likely N-dealkylation sites (tertiary alicyclic amines) is 1. The van der Waals surface area contributed by atoms with Gasteiger partial charge in [-0.15, -0.1) is 0 Å². The number of hydrogen-bond acceptors (Lipinski definition) is 5. The Morgan fingerprint density at radius 1 is 0.935 bits per heavy atom. The molecule has 46 heavy (non-hydrogen) atoms. The largest absolute Gasteiger partial charge is 0.485 e. The third-order valence-corrected chi connectivity index (χ3v) is 9.91. The number of carbonyl (C=O) groups is 1. The molecule has 3 aromatic rings. The van der Waals surface area contributed by atoms with E-state index in [9.17, 15) is 4.79 Å². The van der Waals surface area contributed by atoms with Crippen molar-refractivity contribution in [1.29, 1.82) is 0 Å². The second-order valence-corrected chi connectivity index (χ2v) is 14.8. The van der Waals surface area contributed by atoms with Crippen LogP contribution in [0.5, 0.6) is 5.75 Å². The summed E-state index contributed by atoms with van der Waals surface area (Å²) in [5, 5.41) is 6.80. The van der Waals surface area contributed by atoms with Crippen LogP contribution in [0.3, 0.4) is 0 Å². The highest BCUT2D eigenvalue weighted by atomic mass is 16.6. The number of hydrogen-bond donors (Lipinski definition) is 2. The Bertz CT molecular complexity index is 1420. The van der Waals surface area contributed by atoms with E-state index >= 15 is 0 Å². The summed E-state index contributed by atoms with van der Waals surface area (Å²) in [4.78, 5) is 15.2. The van der Waals surface area contributed by atoms with Crippen molar-refractivity contribution in [2.75, 3.05) is 38.0 Å². The summed E-state index contributed by atoms with van der Waals surface area (Å²) in [7, 11) is 0. The Hall–Kier alpha value is -3.35. The Kier molecular flexibility index (Phi) is 10.8. The van der Waals surface area contributed by atoms with E-state index in [0.717, 1.165) is 79.6 Å². The molecule has 6 heteroatoms. The zero-order chi connectivity index (χ0) is 32.9. The average molecular weight is 626 g/mol. The molecule has 0 aromatic heterocycles. The van der Waals surface area contributed by atoms with Crippen LogP contribution in [0.15, 0.2) is 60.7 Å². The molecular weight excluding hydrogens is 570 g/mol. The van der Waals surface area contributed by atoms with Crippen molar-refractivity contribution in [2.45, 2.75) is 97.7 Å². The SMILES string of the molecule is Cc1c(C)c2c(c(C)c1NC(=O)OC(C)(C)C)CC(C)(CN1CCC(CCNCCC(c3ccccc3)c3ccccc3)CC1)O2. The molecule has 1 atom stereocenters. The van der Waals surface area contributed by atoms with Gasteiger partial charge in [0.1, 0.15) is 17.0 Å². The van der Waals surface area contributed by atoms with Gasteiger partial charge in [0.25, 0.3) is 0 Å². The molecule has 2 aliphatic rings. The fourth-order valence-corrected chi connectivity index (χ4v) is 7.36. The van der Waals surface area contributed by atoms with E-state index < -0.39 is 11.7 Å². The maximum Gasteiger partial charge on any atom is 0.412 e. The minimum atomic E-state index is -0.544. The van der Waals surface area contributed by atoms with Gasteiger partial charge in [0.2, 0.25) is 0 Å². The predicted molar refractivity (Wildman–Crippen MR) is 189 cm³/mol. The second-order valence-electron chi connectivity index (χ2n) is 14.8. The van der Waals surface area contributed by atoms with Gasteiger partial charge < -0.3 is 14.8 Å². The minimum absolute atomic E-state index is 0.280. The van der Waals surface area contributed by atoms with E-state index in [1.807, 2.05) is 20.8 Å². The number of nitrogens with zero attached hydrogens (tertiary/aromatic N) is 1.